The maximum atomic E-state index is 13.2. The molecule has 0 atom stereocenters. The number of phenols is 3. The van der Waals surface area contributed by atoms with Crippen LogP contribution in [0.2, 0.25) is 0 Å². The SMILES string of the molecule is N#Cc1ccc(NC(=O)Nc2cc(F)cc(F)c2O)cc1.O=C(Nc1ccc(OC(F)(F)F)cc1)Nc1cc(F)cc(F)c1O.O=C(Nc1ccc2c(c1)OCO2)Nc1cc(F)cc(F)c1O. The zero-order chi connectivity index (χ0) is 49.0. The van der Waals surface area contributed by atoms with Crippen molar-refractivity contribution in [3.05, 3.63) is 144 Å². The molecule has 25 heteroatoms. The number of amides is 6. The van der Waals surface area contributed by atoms with E-state index in [-0.39, 0.29) is 18.2 Å². The zero-order valence-electron chi connectivity index (χ0n) is 33.2. The number of hydrogen-bond acceptors (Lipinski definition) is 10. The second kappa shape index (κ2) is 21.4. The predicted octanol–water partition coefficient (Wildman–Crippen LogP) is 10.4. The second-order valence-electron chi connectivity index (χ2n) is 12.9. The first kappa shape index (κ1) is 48.8. The summed E-state index contributed by atoms with van der Waals surface area (Å²) in [7, 11) is 0. The summed E-state index contributed by atoms with van der Waals surface area (Å²) in [6.45, 7) is 0.0986. The van der Waals surface area contributed by atoms with Gasteiger partial charge in [0.1, 0.15) is 23.2 Å². The van der Waals surface area contributed by atoms with Crippen molar-refractivity contribution in [2.75, 3.05) is 38.7 Å². The van der Waals surface area contributed by atoms with E-state index in [2.05, 4.69) is 31.3 Å². The molecule has 0 bridgehead atoms. The van der Waals surface area contributed by atoms with Gasteiger partial charge in [-0.1, -0.05) is 0 Å². The Labute approximate surface area is 369 Å². The summed E-state index contributed by atoms with van der Waals surface area (Å²) in [6.07, 6.45) is -4.84. The Morgan fingerprint density at radius 3 is 1.30 bits per heavy atom. The van der Waals surface area contributed by atoms with Crippen LogP contribution < -0.4 is 46.1 Å². The van der Waals surface area contributed by atoms with E-state index in [1.54, 1.807) is 12.1 Å². The lowest BCUT2D eigenvalue weighted by molar-refractivity contribution is -0.274. The molecule has 6 aromatic rings. The quantitative estimate of drug-likeness (QED) is 0.0542. The minimum atomic E-state index is -4.84. The van der Waals surface area contributed by atoms with Gasteiger partial charge in [-0.05, 0) is 60.7 Å². The fourth-order valence-electron chi connectivity index (χ4n) is 5.18. The summed E-state index contributed by atoms with van der Waals surface area (Å²) in [5.41, 5.74) is -0.0124. The Kier molecular flexibility index (Phi) is 15.6. The van der Waals surface area contributed by atoms with Gasteiger partial charge in [0.2, 0.25) is 6.79 Å². The molecule has 67 heavy (non-hydrogen) atoms. The Hall–Kier alpha value is -9.21. The summed E-state index contributed by atoms with van der Waals surface area (Å²) in [4.78, 5) is 35.2. The van der Waals surface area contributed by atoms with Crippen LogP contribution in [0.3, 0.4) is 0 Å². The third-order valence-corrected chi connectivity index (χ3v) is 8.08. The van der Waals surface area contributed by atoms with E-state index in [0.29, 0.717) is 52.7 Å². The van der Waals surface area contributed by atoms with Crippen LogP contribution in [0.5, 0.6) is 34.5 Å². The number of alkyl halides is 3. The fraction of sp³-hybridized carbons (Fsp3) is 0.0476. The lowest BCUT2D eigenvalue weighted by Gasteiger charge is -2.11. The first-order chi connectivity index (χ1) is 31.7. The van der Waals surface area contributed by atoms with Crippen molar-refractivity contribution in [3.8, 4) is 40.6 Å². The largest absolute Gasteiger partial charge is 0.573 e. The van der Waals surface area contributed by atoms with Crippen LogP contribution >= 0.6 is 0 Å². The number of ether oxygens (including phenoxy) is 3. The van der Waals surface area contributed by atoms with Crippen LogP contribution in [-0.4, -0.2) is 46.6 Å². The maximum Gasteiger partial charge on any atom is 0.573 e. The van der Waals surface area contributed by atoms with E-state index in [4.69, 9.17) is 14.7 Å². The van der Waals surface area contributed by atoms with Gasteiger partial charge in [-0.15, -0.1) is 13.2 Å². The van der Waals surface area contributed by atoms with Gasteiger partial charge < -0.3 is 61.4 Å². The molecule has 0 aromatic heterocycles. The highest BCUT2D eigenvalue weighted by atomic mass is 19.4. The number of nitrogens with one attached hydrogen (secondary N) is 6. The van der Waals surface area contributed by atoms with Crippen LogP contribution in [0.1, 0.15) is 5.56 Å². The number of hydrogen-bond donors (Lipinski definition) is 9. The smallest absolute Gasteiger partial charge is 0.503 e. The average Bonchev–Trinajstić information content (AvgIpc) is 3.72. The number of carbonyl (C=O) groups is 3. The summed E-state index contributed by atoms with van der Waals surface area (Å²) in [6, 6.07) is 17.9. The van der Waals surface area contributed by atoms with Crippen molar-refractivity contribution < 1.29 is 83.4 Å². The van der Waals surface area contributed by atoms with Gasteiger partial charge in [0.05, 0.1) is 28.7 Å². The first-order valence-corrected chi connectivity index (χ1v) is 18.2. The minimum absolute atomic E-state index is 0.0818. The number of carbonyl (C=O) groups excluding carboxylic acids is 3. The van der Waals surface area contributed by atoms with Gasteiger partial charge in [0, 0.05) is 59.5 Å². The molecule has 0 radical (unpaired) electrons. The van der Waals surface area contributed by atoms with Crippen LogP contribution in [0.25, 0.3) is 0 Å². The third-order valence-electron chi connectivity index (χ3n) is 8.08. The second-order valence-corrected chi connectivity index (χ2v) is 12.9. The van der Waals surface area contributed by atoms with Gasteiger partial charge in [-0.25, -0.2) is 40.7 Å². The van der Waals surface area contributed by atoms with Crippen LogP contribution in [0.4, 0.5) is 88.0 Å². The topological polar surface area (TPSA) is 236 Å². The normalized spacial score (nSPS) is 11.0. The molecular weight excluding hydrogens is 917 g/mol. The number of phenolic OH excluding ortho intramolecular Hbond substituents is 3. The molecule has 0 aliphatic carbocycles. The fourth-order valence-corrected chi connectivity index (χ4v) is 5.18. The van der Waals surface area contributed by atoms with Gasteiger partial charge >= 0.3 is 24.5 Å². The van der Waals surface area contributed by atoms with E-state index >= 15 is 0 Å². The number of rotatable bonds is 7. The van der Waals surface area contributed by atoms with Crippen LogP contribution in [-0.2, 0) is 0 Å². The lowest BCUT2D eigenvalue weighted by Crippen LogP contribution is -2.20. The Bertz CT molecular complexity index is 2830. The van der Waals surface area contributed by atoms with Crippen LogP contribution in [0, 0.1) is 46.2 Å². The van der Waals surface area contributed by atoms with Crippen molar-refractivity contribution >= 4 is 52.2 Å². The Morgan fingerprint density at radius 1 is 0.522 bits per heavy atom. The maximum absolute atomic E-state index is 13.2. The van der Waals surface area contributed by atoms with Crippen LogP contribution in [0.15, 0.2) is 103 Å². The first-order valence-electron chi connectivity index (χ1n) is 18.2. The molecule has 1 heterocycles. The van der Waals surface area contributed by atoms with E-state index in [0.717, 1.165) is 36.4 Å². The third kappa shape index (κ3) is 14.4. The predicted molar refractivity (Wildman–Crippen MR) is 219 cm³/mol. The van der Waals surface area contributed by atoms with Crippen molar-refractivity contribution in [1.82, 2.24) is 0 Å². The average molecular weight is 946 g/mol. The number of halogens is 9. The summed E-state index contributed by atoms with van der Waals surface area (Å²) in [5.74, 6) is -8.61. The monoisotopic (exact) mass is 945 g/mol. The molecule has 0 spiro atoms. The molecule has 9 N–H and O–H groups in total. The molecule has 6 aromatic carbocycles. The van der Waals surface area contributed by atoms with Crippen molar-refractivity contribution in [2.45, 2.75) is 6.36 Å². The van der Waals surface area contributed by atoms with Crippen molar-refractivity contribution in [1.29, 1.82) is 5.26 Å². The number of fused-ring (bicyclic) bond motifs is 1. The van der Waals surface area contributed by atoms with Gasteiger partial charge in [-0.2, -0.15) is 5.26 Å². The van der Waals surface area contributed by atoms with E-state index in [9.17, 15) is 69.2 Å². The van der Waals surface area contributed by atoms with Crippen molar-refractivity contribution in [2.24, 2.45) is 0 Å². The number of urea groups is 3. The van der Waals surface area contributed by atoms with E-state index in [1.165, 1.54) is 30.3 Å². The van der Waals surface area contributed by atoms with Crippen molar-refractivity contribution in [3.63, 3.8) is 0 Å². The molecular formula is C42H28F9N7O9. The van der Waals surface area contributed by atoms with Gasteiger partial charge in [0.15, 0.2) is 46.2 Å². The van der Waals surface area contributed by atoms with E-state index in [1.807, 2.05) is 11.4 Å². The molecule has 348 valence electrons. The Balaban J connectivity index is 0.000000189. The number of anilines is 6. The standard InChI is InChI=1S/C14H9F5N2O3.C14H9F2N3O2.C14H10F2N2O4/c15-7-5-10(16)12(22)11(6-7)21-13(23)20-8-1-3-9(4-2-8)24-14(17,18)19;15-9-5-11(16)13(20)12(6-9)19-14(21)18-10-3-1-8(7-17)2-4-10;15-7-3-9(16)13(19)10(4-7)18-14(20)17-8-1-2-11-12(5-8)22-6-21-11/h1-6,22H,(H2,20,21,23);1-6,20H,(H2,18,19,21);1-5,19H,6H2,(H2,17,18,20). The molecule has 0 saturated heterocycles. The van der Waals surface area contributed by atoms with Gasteiger partial charge in [-0.3, -0.25) is 0 Å². The highest BCUT2D eigenvalue weighted by Gasteiger charge is 2.31. The molecule has 0 saturated carbocycles. The summed E-state index contributed by atoms with van der Waals surface area (Å²) >= 11 is 0. The molecule has 6 amide bonds. The number of nitriles is 1. The molecule has 0 fully saturated rings. The van der Waals surface area contributed by atoms with Gasteiger partial charge in [0.25, 0.3) is 0 Å². The number of benzene rings is 6. The molecule has 1 aliphatic rings. The molecule has 7 rings (SSSR count). The minimum Gasteiger partial charge on any atom is -0.503 e. The molecule has 16 nitrogen and oxygen atoms in total. The van der Waals surface area contributed by atoms with E-state index < -0.39 is 93.7 Å². The highest BCUT2D eigenvalue weighted by Crippen LogP contribution is 2.35. The molecule has 1 aliphatic heterocycles. The molecule has 0 unspecified atom stereocenters. The zero-order valence-corrected chi connectivity index (χ0v) is 33.2. The number of nitrogens with zero attached hydrogens (tertiary/aromatic N) is 1. The highest BCUT2D eigenvalue weighted by molar-refractivity contribution is 6.02. The summed E-state index contributed by atoms with van der Waals surface area (Å²) in [5, 5.41) is 50.2. The number of aromatic hydroxyl groups is 3. The summed E-state index contributed by atoms with van der Waals surface area (Å²) < 4.78 is 129. The Morgan fingerprint density at radius 2 is 0.896 bits per heavy atom. The lowest BCUT2D eigenvalue weighted by atomic mass is 10.2.